The number of methoxy groups -OCH3 is 1. The number of aryl methyl sites for hydroxylation is 1. The summed E-state index contributed by atoms with van der Waals surface area (Å²) in [7, 11) is 1.67. The van der Waals surface area contributed by atoms with Gasteiger partial charge in [0, 0.05) is 6.42 Å². The molecule has 3 aliphatic carbocycles. The molecule has 194 valence electrons. The molecule has 3 fully saturated rings. The van der Waals surface area contributed by atoms with Crippen molar-refractivity contribution in [1.82, 2.24) is 0 Å². The average Bonchev–Trinajstić information content (AvgIpc) is 3.36. The number of epoxide rings is 1. The molecule has 0 aromatic heterocycles. The van der Waals surface area contributed by atoms with E-state index in [0.29, 0.717) is 41.6 Å². The largest absolute Gasteiger partial charge is 0.493 e. The molecule has 6 nitrogen and oxygen atoms in total. The Morgan fingerprint density at radius 3 is 2.58 bits per heavy atom. The molecule has 2 N–H and O–H groups in total. The molecule has 2 aromatic rings. The summed E-state index contributed by atoms with van der Waals surface area (Å²) >= 11 is 0.685. The SMILES string of the molecule is COc1cc2c(cc1OSOON)CCC1C2CC[C@]23O[C@@]2(Cc2ccc(C(C)(C)C)cc2)CCC13. The Morgan fingerprint density at radius 2 is 1.86 bits per heavy atom. The third-order valence-corrected chi connectivity index (χ3v) is 9.88. The Balaban J connectivity index is 1.20. The van der Waals surface area contributed by atoms with Crippen LogP contribution in [0.2, 0.25) is 0 Å². The van der Waals surface area contributed by atoms with Crippen molar-refractivity contribution in [1.29, 1.82) is 0 Å². The van der Waals surface area contributed by atoms with Crippen LogP contribution in [0.4, 0.5) is 0 Å². The van der Waals surface area contributed by atoms with Crippen LogP contribution in [-0.4, -0.2) is 18.3 Å². The van der Waals surface area contributed by atoms with Crippen LogP contribution in [-0.2, 0) is 32.3 Å². The highest BCUT2D eigenvalue weighted by Crippen LogP contribution is 2.72. The second kappa shape index (κ2) is 8.91. The summed E-state index contributed by atoms with van der Waals surface area (Å²) in [6, 6.07) is 13.5. The Bertz CT molecular complexity index is 1130. The Morgan fingerprint density at radius 1 is 1.06 bits per heavy atom. The maximum Gasteiger partial charge on any atom is 0.260 e. The molecule has 3 unspecified atom stereocenters. The van der Waals surface area contributed by atoms with Gasteiger partial charge in [-0.1, -0.05) is 45.0 Å². The fourth-order valence-electron chi connectivity index (χ4n) is 7.82. The molecule has 2 aromatic carbocycles. The van der Waals surface area contributed by atoms with Gasteiger partial charge in [-0.2, -0.15) is 5.90 Å². The number of hydrogen-bond acceptors (Lipinski definition) is 7. The second-order valence-electron chi connectivity index (χ2n) is 12.1. The lowest BCUT2D eigenvalue weighted by atomic mass is 9.59. The summed E-state index contributed by atoms with van der Waals surface area (Å²) in [4.78, 5) is 4.12. The minimum absolute atomic E-state index is 0.0455. The van der Waals surface area contributed by atoms with Gasteiger partial charge in [-0.3, -0.25) is 0 Å². The first kappa shape index (κ1) is 24.6. The second-order valence-corrected chi connectivity index (χ2v) is 12.6. The molecule has 7 heteroatoms. The quantitative estimate of drug-likeness (QED) is 0.152. The van der Waals surface area contributed by atoms with Crippen molar-refractivity contribution < 1.29 is 23.0 Å². The number of hydrogen-bond donors (Lipinski definition) is 1. The lowest BCUT2D eigenvalue weighted by Gasteiger charge is -2.44. The maximum atomic E-state index is 6.81. The van der Waals surface area contributed by atoms with Gasteiger partial charge in [0.05, 0.1) is 7.11 Å². The van der Waals surface area contributed by atoms with Crippen LogP contribution in [0.1, 0.15) is 81.0 Å². The summed E-state index contributed by atoms with van der Waals surface area (Å²) < 4.78 is 22.7. The molecule has 5 atom stereocenters. The third kappa shape index (κ3) is 3.86. The normalized spacial score (nSPS) is 32.2. The molecule has 4 aliphatic rings. The fourth-order valence-corrected chi connectivity index (χ4v) is 8.08. The standard InChI is InChI=1S/C29H37NO5S/c1-27(2,3)20-8-5-18(6-9-20)17-28-13-12-24-22-10-7-19-15-26(32-36-35-34-30)25(31-4)16-23(19)21(22)11-14-29(24,28)33-28/h5-6,8-9,15-16,21-22,24H,7,10-14,17,30H2,1-4H3/t21?,22?,24?,28-,29-/m1/s1. The molecular formula is C29H37NO5S. The Kier molecular flexibility index (Phi) is 6.08. The number of benzene rings is 2. The van der Waals surface area contributed by atoms with E-state index < -0.39 is 0 Å². The summed E-state index contributed by atoms with van der Waals surface area (Å²) in [5.74, 6) is 8.12. The number of fused-ring (bicyclic) bond motifs is 4. The average molecular weight is 512 g/mol. The fraction of sp³-hybridized carbons (Fsp3) is 0.586. The zero-order valence-electron chi connectivity index (χ0n) is 21.7. The molecule has 1 aliphatic heterocycles. The van der Waals surface area contributed by atoms with E-state index >= 15 is 0 Å². The zero-order valence-corrected chi connectivity index (χ0v) is 22.5. The zero-order chi connectivity index (χ0) is 25.1. The minimum Gasteiger partial charge on any atom is -0.493 e. The first-order valence-electron chi connectivity index (χ1n) is 13.2. The van der Waals surface area contributed by atoms with E-state index in [9.17, 15) is 0 Å². The molecule has 2 saturated carbocycles. The highest BCUT2D eigenvalue weighted by Gasteiger charge is 2.78. The van der Waals surface area contributed by atoms with Crippen molar-refractivity contribution in [3.63, 3.8) is 0 Å². The molecule has 36 heavy (non-hydrogen) atoms. The third-order valence-electron chi connectivity index (χ3n) is 9.50. The lowest BCUT2D eigenvalue weighted by molar-refractivity contribution is -0.199. The van der Waals surface area contributed by atoms with Crippen molar-refractivity contribution in [3.05, 3.63) is 58.7 Å². The lowest BCUT2D eigenvalue weighted by Crippen LogP contribution is -2.41. The predicted octanol–water partition coefficient (Wildman–Crippen LogP) is 6.36. The molecule has 0 bridgehead atoms. The van der Waals surface area contributed by atoms with Gasteiger partial charge in [0.25, 0.3) is 12.3 Å². The van der Waals surface area contributed by atoms with E-state index in [1.807, 2.05) is 0 Å². The maximum absolute atomic E-state index is 6.81. The van der Waals surface area contributed by atoms with Crippen LogP contribution in [0.3, 0.4) is 0 Å². The van der Waals surface area contributed by atoms with E-state index in [-0.39, 0.29) is 16.6 Å². The van der Waals surface area contributed by atoms with Gasteiger partial charge in [-0.25, -0.2) is 0 Å². The first-order valence-corrected chi connectivity index (χ1v) is 13.8. The summed E-state index contributed by atoms with van der Waals surface area (Å²) in [5, 5.41) is 0. The molecule has 1 heterocycles. The van der Waals surface area contributed by atoms with Gasteiger partial charge >= 0.3 is 0 Å². The van der Waals surface area contributed by atoms with Gasteiger partial charge in [0.15, 0.2) is 11.5 Å². The van der Waals surface area contributed by atoms with Crippen LogP contribution >= 0.6 is 12.3 Å². The van der Waals surface area contributed by atoms with E-state index in [4.69, 9.17) is 19.6 Å². The molecule has 1 saturated heterocycles. The van der Waals surface area contributed by atoms with Gasteiger partial charge in [0.1, 0.15) is 11.2 Å². The summed E-state index contributed by atoms with van der Waals surface area (Å²) in [6.45, 7) is 6.82. The number of nitrogens with two attached hydrogens (primary N) is 1. The minimum atomic E-state index is 0.0455. The monoisotopic (exact) mass is 511 g/mol. The van der Waals surface area contributed by atoms with Gasteiger partial charge in [-0.05, 0) is 96.1 Å². The van der Waals surface area contributed by atoms with Crippen LogP contribution in [0.25, 0.3) is 0 Å². The van der Waals surface area contributed by atoms with Crippen LogP contribution in [0.15, 0.2) is 36.4 Å². The van der Waals surface area contributed by atoms with Gasteiger partial charge in [-0.15, -0.1) is 9.32 Å². The number of rotatable bonds is 7. The van der Waals surface area contributed by atoms with Gasteiger partial charge in [0.2, 0.25) is 0 Å². The van der Waals surface area contributed by atoms with Crippen molar-refractivity contribution in [2.75, 3.05) is 7.11 Å². The predicted molar refractivity (Wildman–Crippen MR) is 139 cm³/mol. The molecule has 0 amide bonds. The number of ether oxygens (including phenoxy) is 2. The first-order chi connectivity index (χ1) is 17.3. The van der Waals surface area contributed by atoms with E-state index in [1.54, 1.807) is 7.11 Å². The van der Waals surface area contributed by atoms with Gasteiger partial charge < -0.3 is 13.7 Å². The van der Waals surface area contributed by atoms with E-state index in [0.717, 1.165) is 19.3 Å². The van der Waals surface area contributed by atoms with Crippen molar-refractivity contribution in [3.8, 4) is 11.5 Å². The van der Waals surface area contributed by atoms with Crippen molar-refractivity contribution >= 4 is 12.3 Å². The van der Waals surface area contributed by atoms with Crippen LogP contribution in [0, 0.1) is 11.8 Å². The molecule has 0 radical (unpaired) electrons. The topological polar surface area (TPSA) is 75.5 Å². The summed E-state index contributed by atoms with van der Waals surface area (Å²) in [6.07, 6.45) is 8.07. The van der Waals surface area contributed by atoms with E-state index in [1.165, 1.54) is 47.9 Å². The summed E-state index contributed by atoms with van der Waals surface area (Å²) in [5.41, 5.74) is 5.88. The Labute approximate surface area is 218 Å². The van der Waals surface area contributed by atoms with E-state index in [2.05, 4.69) is 66.5 Å². The highest BCUT2D eigenvalue weighted by atomic mass is 32.2. The van der Waals surface area contributed by atoms with Crippen molar-refractivity contribution in [2.24, 2.45) is 17.7 Å². The molecule has 6 rings (SSSR count). The Hall–Kier alpha value is -1.77. The highest BCUT2D eigenvalue weighted by molar-refractivity contribution is 7.90. The van der Waals surface area contributed by atoms with Crippen LogP contribution < -0.4 is 14.8 Å². The van der Waals surface area contributed by atoms with Crippen LogP contribution in [0.5, 0.6) is 11.5 Å². The smallest absolute Gasteiger partial charge is 0.260 e. The molecular weight excluding hydrogens is 474 g/mol. The van der Waals surface area contributed by atoms with Crippen molar-refractivity contribution in [2.45, 2.75) is 88.3 Å². The molecule has 1 spiro atoms.